The van der Waals surface area contributed by atoms with Gasteiger partial charge in [-0.15, -0.1) is 0 Å². The number of nitrogens with zero attached hydrogens (tertiary/aromatic N) is 5. The quantitative estimate of drug-likeness (QED) is 0.0961. The van der Waals surface area contributed by atoms with Crippen LogP contribution in [0.2, 0.25) is 0 Å². The summed E-state index contributed by atoms with van der Waals surface area (Å²) in [6.45, 7) is 7.96. The van der Waals surface area contributed by atoms with Crippen molar-refractivity contribution in [2.75, 3.05) is 26.2 Å². The molecule has 2 aliphatic heterocycles. The van der Waals surface area contributed by atoms with E-state index in [0.717, 1.165) is 23.1 Å². The molecule has 0 unspecified atom stereocenters. The van der Waals surface area contributed by atoms with Crippen LogP contribution in [0.3, 0.4) is 0 Å². The molecule has 0 bridgehead atoms. The average Bonchev–Trinajstić information content (AvgIpc) is 3.71. The molecule has 3 aromatic rings. The Morgan fingerprint density at radius 1 is 0.771 bits per heavy atom. The van der Waals surface area contributed by atoms with Crippen LogP contribution in [0.25, 0.3) is 10.4 Å². The van der Waals surface area contributed by atoms with Gasteiger partial charge < -0.3 is 19.3 Å². The summed E-state index contributed by atoms with van der Waals surface area (Å²) in [6.07, 6.45) is 0.201. The van der Waals surface area contributed by atoms with E-state index in [0.29, 0.717) is 26.1 Å². The van der Waals surface area contributed by atoms with Crippen LogP contribution in [-0.2, 0) is 37.0 Å². The van der Waals surface area contributed by atoms with Gasteiger partial charge in [0.1, 0.15) is 13.2 Å². The zero-order chi connectivity index (χ0) is 34.5. The Balaban J connectivity index is 0.000000229. The molecule has 3 aromatic carbocycles. The molecule has 0 saturated carbocycles. The van der Waals surface area contributed by atoms with Gasteiger partial charge in [-0.25, -0.2) is 9.59 Å². The highest BCUT2D eigenvalue weighted by Crippen LogP contribution is 2.28. The number of ether oxygens (including phenoxy) is 2. The Hall–Kier alpha value is -4.58. The van der Waals surface area contributed by atoms with Crippen LogP contribution in [0, 0.1) is 18.8 Å². The number of amides is 2. The predicted octanol–water partition coefficient (Wildman–Crippen LogP) is 7.09. The molecular formula is C35H43N5O7S. The third kappa shape index (κ3) is 10.2. The number of hydrogen-bond acceptors (Lipinski definition) is 8. The second kappa shape index (κ2) is 17.5. The second-order valence-electron chi connectivity index (χ2n) is 11.9. The first-order valence-electron chi connectivity index (χ1n) is 16.1. The van der Waals surface area contributed by atoms with E-state index in [2.05, 4.69) is 10.0 Å². The van der Waals surface area contributed by atoms with Crippen molar-refractivity contribution >= 4 is 22.3 Å². The Morgan fingerprint density at radius 3 is 1.77 bits per heavy atom. The van der Waals surface area contributed by atoms with Crippen LogP contribution in [0.1, 0.15) is 43.4 Å². The lowest BCUT2D eigenvalue weighted by atomic mass is 10.0. The van der Waals surface area contributed by atoms with Gasteiger partial charge in [0.05, 0.1) is 23.6 Å². The van der Waals surface area contributed by atoms with Crippen molar-refractivity contribution in [3.8, 4) is 0 Å². The molecule has 0 radical (unpaired) electrons. The van der Waals surface area contributed by atoms with Crippen LogP contribution in [0.5, 0.6) is 0 Å². The van der Waals surface area contributed by atoms with E-state index in [9.17, 15) is 18.0 Å². The fraction of sp³-hybridized carbons (Fsp3) is 0.429. The van der Waals surface area contributed by atoms with Crippen molar-refractivity contribution in [3.63, 3.8) is 0 Å². The third-order valence-electron chi connectivity index (χ3n) is 8.52. The van der Waals surface area contributed by atoms with E-state index >= 15 is 0 Å². The van der Waals surface area contributed by atoms with Crippen LogP contribution >= 0.6 is 0 Å². The van der Waals surface area contributed by atoms with Gasteiger partial charge in [-0.2, -0.15) is 8.42 Å². The van der Waals surface area contributed by atoms with E-state index in [1.807, 2.05) is 81.4 Å². The fourth-order valence-electron chi connectivity index (χ4n) is 5.64. The lowest BCUT2D eigenvalue weighted by Gasteiger charge is -2.17. The molecule has 0 aliphatic carbocycles. The molecule has 2 amide bonds. The smallest absolute Gasteiger partial charge is 0.410 e. The number of benzene rings is 3. The zero-order valence-electron chi connectivity index (χ0n) is 27.6. The Bertz CT molecular complexity index is 1630. The summed E-state index contributed by atoms with van der Waals surface area (Å²) in [5.74, 6) is 0.152. The standard InChI is InChI=1S/C21H25NO5S.C14H18N4O2/c1-3-18-13-22(21(23)26-15-17-7-5-4-6-8-17)14-20(18)27-28(24,25)19-11-9-16(2)10-12-19;1-2-12-8-18(9-13(12)16-17-15)14(19)20-10-11-6-4-3-5-7-11/h4-12,18,20H,3,13-15H2,1-2H3;3-7,12-13H,2,8-10H2,1H3/t18-,20-;12-,13+/m00/s1. The molecule has 0 spiro atoms. The minimum atomic E-state index is -3.89. The normalized spacial score (nSPS) is 20.3. The van der Waals surface area contributed by atoms with Crippen LogP contribution < -0.4 is 0 Å². The van der Waals surface area contributed by atoms with Crippen molar-refractivity contribution in [2.45, 2.75) is 63.9 Å². The summed E-state index contributed by atoms with van der Waals surface area (Å²) >= 11 is 0. The van der Waals surface area contributed by atoms with Crippen molar-refractivity contribution < 1.29 is 31.7 Å². The molecule has 256 valence electrons. The van der Waals surface area contributed by atoms with Gasteiger partial charge in [-0.05, 0) is 48.1 Å². The lowest BCUT2D eigenvalue weighted by Crippen LogP contribution is -2.31. The van der Waals surface area contributed by atoms with Gasteiger partial charge in [0.15, 0.2) is 0 Å². The molecule has 2 heterocycles. The predicted molar refractivity (Wildman–Crippen MR) is 180 cm³/mol. The number of aryl methyl sites for hydroxylation is 1. The summed E-state index contributed by atoms with van der Waals surface area (Å²) in [4.78, 5) is 30.5. The summed E-state index contributed by atoms with van der Waals surface area (Å²) in [5, 5.41) is 3.76. The van der Waals surface area contributed by atoms with E-state index < -0.39 is 22.3 Å². The highest BCUT2D eigenvalue weighted by Gasteiger charge is 2.39. The number of rotatable bonds is 10. The van der Waals surface area contributed by atoms with Gasteiger partial charge >= 0.3 is 12.2 Å². The van der Waals surface area contributed by atoms with Crippen LogP contribution in [0.4, 0.5) is 9.59 Å². The zero-order valence-corrected chi connectivity index (χ0v) is 28.4. The molecule has 2 aliphatic rings. The maximum Gasteiger partial charge on any atom is 0.410 e. The van der Waals surface area contributed by atoms with E-state index in [1.165, 1.54) is 17.0 Å². The molecule has 48 heavy (non-hydrogen) atoms. The first-order valence-corrected chi connectivity index (χ1v) is 17.5. The molecule has 0 aromatic heterocycles. The highest BCUT2D eigenvalue weighted by molar-refractivity contribution is 7.86. The number of hydrogen-bond donors (Lipinski definition) is 0. The molecule has 4 atom stereocenters. The van der Waals surface area contributed by atoms with Gasteiger partial charge in [0, 0.05) is 30.5 Å². The SMILES string of the molecule is CC[C@H]1CN(C(=O)OCc2ccccc2)C[C@@H]1OS(=O)(=O)c1ccc(C)cc1.CC[C@H]1CN(C(=O)OCc2ccccc2)C[C@H]1N=[N+]=[N-]. The van der Waals surface area contributed by atoms with Gasteiger partial charge in [-0.1, -0.05) is 104 Å². The summed E-state index contributed by atoms with van der Waals surface area (Å²) in [7, 11) is -3.89. The molecule has 2 fully saturated rings. The highest BCUT2D eigenvalue weighted by atomic mass is 32.2. The largest absolute Gasteiger partial charge is 0.445 e. The minimum absolute atomic E-state index is 0.0653. The Labute approximate surface area is 282 Å². The Morgan fingerprint density at radius 2 is 1.27 bits per heavy atom. The van der Waals surface area contributed by atoms with Crippen molar-refractivity contribution in [2.24, 2.45) is 17.0 Å². The molecule has 12 nitrogen and oxygen atoms in total. The van der Waals surface area contributed by atoms with E-state index in [4.69, 9.17) is 19.2 Å². The maximum absolute atomic E-state index is 12.6. The first kappa shape index (κ1) is 36.3. The molecule has 0 N–H and O–H groups in total. The number of carbonyl (C=O) groups is 2. The number of likely N-dealkylation sites (tertiary alicyclic amines) is 2. The van der Waals surface area contributed by atoms with Crippen LogP contribution in [-0.4, -0.2) is 68.7 Å². The van der Waals surface area contributed by atoms with Crippen molar-refractivity contribution in [3.05, 3.63) is 112 Å². The molecule has 2 saturated heterocycles. The third-order valence-corrected chi connectivity index (χ3v) is 9.87. The first-order chi connectivity index (χ1) is 23.1. The van der Waals surface area contributed by atoms with Crippen molar-refractivity contribution in [1.82, 2.24) is 9.80 Å². The molecule has 13 heteroatoms. The topological polar surface area (TPSA) is 151 Å². The second-order valence-corrected chi connectivity index (χ2v) is 13.5. The summed E-state index contributed by atoms with van der Waals surface area (Å²) in [6, 6.07) is 25.4. The van der Waals surface area contributed by atoms with Gasteiger partial charge in [-0.3, -0.25) is 4.18 Å². The monoisotopic (exact) mass is 677 g/mol. The lowest BCUT2D eigenvalue weighted by molar-refractivity contribution is 0.0993. The Kier molecular flexibility index (Phi) is 13.2. The maximum atomic E-state index is 12.6. The van der Waals surface area contributed by atoms with E-state index in [1.54, 1.807) is 17.0 Å². The summed E-state index contributed by atoms with van der Waals surface area (Å²) < 4.78 is 41.3. The number of carbonyl (C=O) groups excluding carboxylic acids is 2. The fourth-order valence-corrected chi connectivity index (χ4v) is 6.76. The molecular weight excluding hydrogens is 634 g/mol. The van der Waals surface area contributed by atoms with E-state index in [-0.39, 0.29) is 48.6 Å². The van der Waals surface area contributed by atoms with Crippen LogP contribution in [0.15, 0.2) is 94.9 Å². The molecule has 5 rings (SSSR count). The minimum Gasteiger partial charge on any atom is -0.445 e. The number of azide groups is 1. The summed E-state index contributed by atoms with van der Waals surface area (Å²) in [5.41, 5.74) is 11.4. The van der Waals surface area contributed by atoms with Crippen molar-refractivity contribution in [1.29, 1.82) is 0 Å². The van der Waals surface area contributed by atoms with Gasteiger partial charge in [0.2, 0.25) is 0 Å². The average molecular weight is 678 g/mol. The van der Waals surface area contributed by atoms with Gasteiger partial charge in [0.25, 0.3) is 10.1 Å².